The van der Waals surface area contributed by atoms with Gasteiger partial charge >= 0.3 is 5.97 Å². The third kappa shape index (κ3) is 4.23. The molecular weight excluding hydrogens is 318 g/mol. The van der Waals surface area contributed by atoms with Crippen LogP contribution in [0.1, 0.15) is 26.3 Å². The van der Waals surface area contributed by atoms with Gasteiger partial charge in [0.1, 0.15) is 11.3 Å². The minimum Gasteiger partial charge on any atom is -0.496 e. The molecule has 2 aromatic carbocycles. The zero-order valence-electron chi connectivity index (χ0n) is 12.8. The average Bonchev–Trinajstić information content (AvgIpc) is 2.59. The Kier molecular flexibility index (Phi) is 5.60. The maximum atomic E-state index is 12.1. The molecule has 0 saturated heterocycles. The molecule has 1 amide bonds. The lowest BCUT2D eigenvalue weighted by Gasteiger charge is -2.10. The van der Waals surface area contributed by atoms with Gasteiger partial charge in [0.05, 0.1) is 14.2 Å². The molecular formula is C17H16ClNO4. The predicted molar refractivity (Wildman–Crippen MR) is 87.0 cm³/mol. The maximum absolute atomic E-state index is 12.1. The molecule has 0 aliphatic rings. The number of nitrogens with one attached hydrogen (secondary N) is 1. The number of ether oxygens (including phenoxy) is 2. The Morgan fingerprint density at radius 3 is 2.39 bits per heavy atom. The van der Waals surface area contributed by atoms with Gasteiger partial charge in [0.25, 0.3) is 5.91 Å². The van der Waals surface area contributed by atoms with Crippen molar-refractivity contribution in [2.75, 3.05) is 14.2 Å². The van der Waals surface area contributed by atoms with Gasteiger partial charge in [0.15, 0.2) is 0 Å². The first-order valence-electron chi connectivity index (χ1n) is 6.84. The smallest absolute Gasteiger partial charge is 0.341 e. The highest BCUT2D eigenvalue weighted by molar-refractivity contribution is 6.30. The lowest BCUT2D eigenvalue weighted by atomic mass is 10.1. The Hall–Kier alpha value is -2.53. The van der Waals surface area contributed by atoms with Gasteiger partial charge in [-0.25, -0.2) is 4.79 Å². The summed E-state index contributed by atoms with van der Waals surface area (Å²) < 4.78 is 9.85. The molecule has 0 radical (unpaired) electrons. The lowest BCUT2D eigenvalue weighted by Crippen LogP contribution is -2.22. The van der Waals surface area contributed by atoms with E-state index in [-0.39, 0.29) is 12.5 Å². The van der Waals surface area contributed by atoms with E-state index in [1.54, 1.807) is 42.5 Å². The van der Waals surface area contributed by atoms with Crippen molar-refractivity contribution >= 4 is 23.5 Å². The summed E-state index contributed by atoms with van der Waals surface area (Å²) in [6.07, 6.45) is 0. The summed E-state index contributed by atoms with van der Waals surface area (Å²) in [5.41, 5.74) is 1.58. The Balaban J connectivity index is 2.09. The standard InChI is InChI=1S/C17H16ClNO4/c1-22-15-8-3-11(9-14(15)17(21)23-2)10-19-16(20)12-4-6-13(18)7-5-12/h3-9H,10H2,1-2H3,(H,19,20). The minimum atomic E-state index is -0.493. The average molecular weight is 334 g/mol. The second-order valence-corrected chi connectivity index (χ2v) is 5.15. The number of esters is 1. The largest absolute Gasteiger partial charge is 0.496 e. The molecule has 0 fully saturated rings. The molecule has 0 bridgehead atoms. The molecule has 120 valence electrons. The monoisotopic (exact) mass is 333 g/mol. The van der Waals surface area contributed by atoms with Crippen LogP contribution in [0.3, 0.4) is 0 Å². The second-order valence-electron chi connectivity index (χ2n) is 4.72. The number of carbonyl (C=O) groups is 2. The molecule has 0 aromatic heterocycles. The Bertz CT molecular complexity index is 713. The van der Waals surface area contributed by atoms with E-state index in [9.17, 15) is 9.59 Å². The number of hydrogen-bond acceptors (Lipinski definition) is 4. The van der Waals surface area contributed by atoms with Gasteiger partial charge in [0.2, 0.25) is 0 Å². The fraction of sp³-hybridized carbons (Fsp3) is 0.176. The van der Waals surface area contributed by atoms with Gasteiger partial charge < -0.3 is 14.8 Å². The van der Waals surface area contributed by atoms with E-state index in [2.05, 4.69) is 5.32 Å². The third-order valence-corrected chi connectivity index (χ3v) is 3.48. The van der Waals surface area contributed by atoms with Crippen LogP contribution in [0.25, 0.3) is 0 Å². The third-order valence-electron chi connectivity index (χ3n) is 3.23. The molecule has 0 aliphatic carbocycles. The number of carbonyl (C=O) groups excluding carboxylic acids is 2. The Labute approximate surface area is 139 Å². The van der Waals surface area contributed by atoms with Crippen molar-refractivity contribution < 1.29 is 19.1 Å². The van der Waals surface area contributed by atoms with Crippen LogP contribution in [0.4, 0.5) is 0 Å². The number of methoxy groups -OCH3 is 2. The number of amides is 1. The molecule has 2 aromatic rings. The normalized spacial score (nSPS) is 10.0. The predicted octanol–water partition coefficient (Wildman–Crippen LogP) is 3.07. The number of hydrogen-bond donors (Lipinski definition) is 1. The van der Waals surface area contributed by atoms with E-state index in [4.69, 9.17) is 21.1 Å². The van der Waals surface area contributed by atoms with Crippen LogP contribution in [0.5, 0.6) is 5.75 Å². The van der Waals surface area contributed by atoms with E-state index >= 15 is 0 Å². The first-order chi connectivity index (χ1) is 11.0. The summed E-state index contributed by atoms with van der Waals surface area (Å²) in [5, 5.41) is 3.35. The summed E-state index contributed by atoms with van der Waals surface area (Å²) in [5.74, 6) is -0.297. The molecule has 5 nitrogen and oxygen atoms in total. The number of halogens is 1. The van der Waals surface area contributed by atoms with E-state index in [1.165, 1.54) is 14.2 Å². The zero-order chi connectivity index (χ0) is 16.8. The summed E-state index contributed by atoms with van der Waals surface area (Å²) in [7, 11) is 2.78. The van der Waals surface area contributed by atoms with Gasteiger partial charge in [-0.05, 0) is 42.0 Å². The van der Waals surface area contributed by atoms with Gasteiger partial charge in [-0.3, -0.25) is 4.79 Å². The molecule has 6 heteroatoms. The molecule has 0 unspecified atom stereocenters. The fourth-order valence-corrected chi connectivity index (χ4v) is 2.15. The first kappa shape index (κ1) is 16.8. The Morgan fingerprint density at radius 1 is 1.09 bits per heavy atom. The Morgan fingerprint density at radius 2 is 1.78 bits per heavy atom. The molecule has 0 heterocycles. The van der Waals surface area contributed by atoms with Crippen molar-refractivity contribution in [3.05, 3.63) is 64.2 Å². The van der Waals surface area contributed by atoms with Crippen LogP contribution in [-0.2, 0) is 11.3 Å². The molecule has 0 aliphatic heterocycles. The first-order valence-corrected chi connectivity index (χ1v) is 7.22. The molecule has 0 saturated carbocycles. The van der Waals surface area contributed by atoms with E-state index in [0.717, 1.165) is 5.56 Å². The van der Waals surface area contributed by atoms with Crippen molar-refractivity contribution in [2.24, 2.45) is 0 Å². The van der Waals surface area contributed by atoms with E-state index < -0.39 is 5.97 Å². The lowest BCUT2D eigenvalue weighted by molar-refractivity contribution is 0.0597. The van der Waals surface area contributed by atoms with E-state index in [0.29, 0.717) is 21.9 Å². The zero-order valence-corrected chi connectivity index (χ0v) is 13.5. The van der Waals surface area contributed by atoms with Crippen LogP contribution in [0.15, 0.2) is 42.5 Å². The number of rotatable bonds is 5. The van der Waals surface area contributed by atoms with Gasteiger partial charge in [0, 0.05) is 17.1 Å². The van der Waals surface area contributed by atoms with Crippen LogP contribution in [0.2, 0.25) is 5.02 Å². The van der Waals surface area contributed by atoms with Crippen LogP contribution in [-0.4, -0.2) is 26.1 Å². The minimum absolute atomic E-state index is 0.225. The van der Waals surface area contributed by atoms with E-state index in [1.807, 2.05) is 0 Å². The quantitative estimate of drug-likeness (QED) is 0.854. The van der Waals surface area contributed by atoms with Gasteiger partial charge in [-0.2, -0.15) is 0 Å². The van der Waals surface area contributed by atoms with Gasteiger partial charge in [-0.15, -0.1) is 0 Å². The highest BCUT2D eigenvalue weighted by Gasteiger charge is 2.14. The van der Waals surface area contributed by atoms with Gasteiger partial charge in [-0.1, -0.05) is 17.7 Å². The van der Waals surface area contributed by atoms with Crippen molar-refractivity contribution in [3.63, 3.8) is 0 Å². The molecule has 1 N–H and O–H groups in total. The fourth-order valence-electron chi connectivity index (χ4n) is 2.02. The van der Waals surface area contributed by atoms with Crippen molar-refractivity contribution in [1.82, 2.24) is 5.32 Å². The molecule has 23 heavy (non-hydrogen) atoms. The molecule has 0 atom stereocenters. The van der Waals surface area contributed by atoms with Crippen molar-refractivity contribution in [2.45, 2.75) is 6.54 Å². The van der Waals surface area contributed by atoms with Crippen molar-refractivity contribution in [1.29, 1.82) is 0 Å². The second kappa shape index (κ2) is 7.65. The maximum Gasteiger partial charge on any atom is 0.341 e. The summed E-state index contributed by atoms with van der Waals surface area (Å²) >= 11 is 5.79. The number of benzene rings is 2. The van der Waals surface area contributed by atoms with Crippen molar-refractivity contribution in [3.8, 4) is 5.75 Å². The summed E-state index contributed by atoms with van der Waals surface area (Å²) in [6.45, 7) is 0.273. The highest BCUT2D eigenvalue weighted by atomic mass is 35.5. The van der Waals surface area contributed by atoms with Crippen LogP contribution in [0, 0.1) is 0 Å². The summed E-state index contributed by atoms with van der Waals surface area (Å²) in [6, 6.07) is 11.7. The summed E-state index contributed by atoms with van der Waals surface area (Å²) in [4.78, 5) is 23.8. The SMILES string of the molecule is COC(=O)c1cc(CNC(=O)c2ccc(Cl)cc2)ccc1OC. The highest BCUT2D eigenvalue weighted by Crippen LogP contribution is 2.21. The molecule has 0 spiro atoms. The topological polar surface area (TPSA) is 64.6 Å². The van der Waals surface area contributed by atoms with Crippen LogP contribution < -0.4 is 10.1 Å². The van der Waals surface area contributed by atoms with Crippen LogP contribution >= 0.6 is 11.6 Å². The molecule has 2 rings (SSSR count).